The summed E-state index contributed by atoms with van der Waals surface area (Å²) in [5.41, 5.74) is 10.00. The number of aryl methyl sites for hydroxylation is 2. The van der Waals surface area contributed by atoms with E-state index in [1.807, 2.05) is 43.9 Å². The van der Waals surface area contributed by atoms with Crippen molar-refractivity contribution in [2.24, 2.45) is 23.7 Å². The van der Waals surface area contributed by atoms with E-state index in [0.29, 0.717) is 16.8 Å². The van der Waals surface area contributed by atoms with E-state index in [9.17, 15) is 4.79 Å². The van der Waals surface area contributed by atoms with Crippen molar-refractivity contribution < 1.29 is 0 Å². The number of hydrazone groups is 1. The van der Waals surface area contributed by atoms with Crippen molar-refractivity contribution in [2.45, 2.75) is 38.8 Å². The Labute approximate surface area is 232 Å². The van der Waals surface area contributed by atoms with Gasteiger partial charge < -0.3 is 16.0 Å². The summed E-state index contributed by atoms with van der Waals surface area (Å²) >= 11 is 6.18. The maximum Gasteiger partial charge on any atom is 0.259 e. The zero-order chi connectivity index (χ0) is 28.0. The molecule has 4 aromatic rings. The highest BCUT2D eigenvalue weighted by molar-refractivity contribution is 6.29. The number of fused-ring (bicyclic) bond motifs is 3. The fourth-order valence-corrected chi connectivity index (χ4v) is 5.70. The molecule has 1 aromatic carbocycles. The van der Waals surface area contributed by atoms with Crippen molar-refractivity contribution in [1.82, 2.24) is 29.3 Å². The third kappa shape index (κ3) is 5.05. The van der Waals surface area contributed by atoms with Crippen molar-refractivity contribution in [3.63, 3.8) is 0 Å². The molecule has 1 aliphatic rings. The van der Waals surface area contributed by atoms with Crippen LogP contribution in [0.3, 0.4) is 0 Å². The van der Waals surface area contributed by atoms with Crippen molar-refractivity contribution in [3.8, 4) is 0 Å². The largest absolute Gasteiger partial charge is 0.380 e. The predicted molar refractivity (Wildman–Crippen MR) is 157 cm³/mol. The van der Waals surface area contributed by atoms with Crippen LogP contribution in [0.2, 0.25) is 5.15 Å². The summed E-state index contributed by atoms with van der Waals surface area (Å²) in [5, 5.41) is 16.3. The number of hydrogen-bond donors (Lipinski definition) is 3. The highest BCUT2D eigenvalue weighted by Crippen LogP contribution is 2.34. The standard InChI is InChI=1S/C27H35ClN10O/c1-15-12-18(16(2)32-21-6-7-22(28)33-24(21)25(29)34-37(5)30)23-19(13-15)27(39)36(4)26-20(23)14-31-38(26)17-8-10-35(3)11-9-17/h6-7,12-14,16-17,32H,8-11,30H2,1-5H3,(H2,29,34). The zero-order valence-electron chi connectivity index (χ0n) is 22.9. The summed E-state index contributed by atoms with van der Waals surface area (Å²) in [6.07, 6.45) is 3.88. The SMILES string of the molecule is Cc1cc(C(C)Nc2ccc(Cl)nc2/C(N)=N/N(C)N)c2c(c1)c(=O)n(C)c1c2cnn1C1CCN(C)CC1. The Morgan fingerprint density at radius 3 is 2.64 bits per heavy atom. The van der Waals surface area contributed by atoms with Gasteiger partial charge in [-0.1, -0.05) is 17.7 Å². The Balaban J connectivity index is 1.65. The van der Waals surface area contributed by atoms with Crippen LogP contribution >= 0.6 is 11.6 Å². The molecule has 206 valence electrons. The predicted octanol–water partition coefficient (Wildman–Crippen LogP) is 3.11. The summed E-state index contributed by atoms with van der Waals surface area (Å²) in [4.78, 5) is 20.4. The molecule has 0 aliphatic carbocycles. The third-order valence-electron chi connectivity index (χ3n) is 7.45. The molecule has 3 aromatic heterocycles. The van der Waals surface area contributed by atoms with Gasteiger partial charge in [0.15, 0.2) is 5.84 Å². The topological polar surface area (TPSA) is 136 Å². The minimum absolute atomic E-state index is 0.0412. The number of hydrogen-bond acceptors (Lipinski definition) is 8. The van der Waals surface area contributed by atoms with Gasteiger partial charge in [0.2, 0.25) is 0 Å². The lowest BCUT2D eigenvalue weighted by atomic mass is 9.95. The van der Waals surface area contributed by atoms with E-state index < -0.39 is 0 Å². The van der Waals surface area contributed by atoms with E-state index in [0.717, 1.165) is 58.6 Å². The molecule has 1 saturated heterocycles. The number of nitrogens with zero attached hydrogens (tertiary/aromatic N) is 7. The second-order valence-corrected chi connectivity index (χ2v) is 10.8. The van der Waals surface area contributed by atoms with Crippen LogP contribution in [0.25, 0.3) is 21.8 Å². The lowest BCUT2D eigenvalue weighted by molar-refractivity contribution is 0.214. The Hall–Kier alpha value is -3.67. The van der Waals surface area contributed by atoms with Gasteiger partial charge in [0.25, 0.3) is 5.56 Å². The molecule has 0 bridgehead atoms. The fraction of sp³-hybridized carbons (Fsp3) is 0.407. The van der Waals surface area contributed by atoms with E-state index in [-0.39, 0.29) is 28.6 Å². The molecule has 12 heteroatoms. The van der Waals surface area contributed by atoms with Crippen LogP contribution in [0.1, 0.15) is 48.7 Å². The number of amidine groups is 1. The number of aromatic nitrogens is 4. The Bertz CT molecular complexity index is 1630. The highest BCUT2D eigenvalue weighted by atomic mass is 35.5. The number of halogens is 1. The number of anilines is 1. The van der Waals surface area contributed by atoms with Gasteiger partial charge in [0.05, 0.1) is 17.9 Å². The maximum atomic E-state index is 13.7. The van der Waals surface area contributed by atoms with Gasteiger partial charge in [-0.2, -0.15) is 5.10 Å². The van der Waals surface area contributed by atoms with Gasteiger partial charge >= 0.3 is 0 Å². The van der Waals surface area contributed by atoms with Gasteiger partial charge in [0.1, 0.15) is 16.5 Å². The highest BCUT2D eigenvalue weighted by Gasteiger charge is 2.25. The second kappa shape index (κ2) is 10.5. The van der Waals surface area contributed by atoms with E-state index in [1.165, 1.54) is 0 Å². The minimum atomic E-state index is -0.223. The smallest absolute Gasteiger partial charge is 0.259 e. The van der Waals surface area contributed by atoms with Gasteiger partial charge in [-0.25, -0.2) is 20.6 Å². The molecule has 0 radical (unpaired) electrons. The van der Waals surface area contributed by atoms with Crippen LogP contribution in [0.4, 0.5) is 5.69 Å². The van der Waals surface area contributed by atoms with Crippen LogP contribution in [0.15, 0.2) is 40.4 Å². The van der Waals surface area contributed by atoms with Crippen LogP contribution in [-0.4, -0.2) is 62.4 Å². The number of hydrazine groups is 1. The molecule has 5 N–H and O–H groups in total. The molecule has 0 spiro atoms. The van der Waals surface area contributed by atoms with Crippen molar-refractivity contribution >= 4 is 44.9 Å². The zero-order valence-corrected chi connectivity index (χ0v) is 23.7. The molecule has 1 fully saturated rings. The molecule has 5 rings (SSSR count). The molecule has 11 nitrogen and oxygen atoms in total. The van der Waals surface area contributed by atoms with Crippen molar-refractivity contribution in [2.75, 3.05) is 32.5 Å². The number of pyridine rings is 2. The Kier molecular flexibility index (Phi) is 7.23. The monoisotopic (exact) mass is 550 g/mol. The lowest BCUT2D eigenvalue weighted by Crippen LogP contribution is -2.32. The summed E-state index contributed by atoms with van der Waals surface area (Å²) in [6, 6.07) is 7.59. The molecule has 0 amide bonds. The normalized spacial score (nSPS) is 16.2. The molecule has 1 atom stereocenters. The summed E-state index contributed by atoms with van der Waals surface area (Å²) in [5.74, 6) is 5.80. The van der Waals surface area contributed by atoms with E-state index in [1.54, 1.807) is 17.7 Å². The molecule has 4 heterocycles. The lowest BCUT2D eigenvalue weighted by Gasteiger charge is -2.29. The van der Waals surface area contributed by atoms with E-state index in [2.05, 4.69) is 33.4 Å². The molecule has 1 aliphatic heterocycles. The minimum Gasteiger partial charge on any atom is -0.380 e. The maximum absolute atomic E-state index is 13.7. The van der Waals surface area contributed by atoms with Gasteiger partial charge in [-0.15, -0.1) is 5.10 Å². The summed E-state index contributed by atoms with van der Waals surface area (Å²) in [6.45, 7) is 6.05. The number of nitrogens with one attached hydrogen (secondary N) is 1. The first-order valence-electron chi connectivity index (χ1n) is 13.0. The average Bonchev–Trinajstić information content (AvgIpc) is 3.33. The Morgan fingerprint density at radius 2 is 1.95 bits per heavy atom. The van der Waals surface area contributed by atoms with Crippen LogP contribution in [0.5, 0.6) is 0 Å². The summed E-state index contributed by atoms with van der Waals surface area (Å²) < 4.78 is 3.79. The first-order chi connectivity index (χ1) is 18.5. The molecular formula is C27H35ClN10O. The quantitative estimate of drug-likeness (QED) is 0.109. The second-order valence-electron chi connectivity index (χ2n) is 10.5. The van der Waals surface area contributed by atoms with Crippen LogP contribution < -0.4 is 22.5 Å². The van der Waals surface area contributed by atoms with E-state index >= 15 is 0 Å². The van der Waals surface area contributed by atoms with E-state index in [4.69, 9.17) is 28.3 Å². The molecule has 1 unspecified atom stereocenters. The first-order valence-corrected chi connectivity index (χ1v) is 13.4. The van der Waals surface area contributed by atoms with Crippen LogP contribution in [0, 0.1) is 6.92 Å². The van der Waals surface area contributed by atoms with Gasteiger partial charge in [-0.3, -0.25) is 9.36 Å². The number of rotatable bonds is 6. The number of nitrogens with two attached hydrogens (primary N) is 2. The van der Waals surface area contributed by atoms with Crippen molar-refractivity contribution in [3.05, 3.63) is 62.8 Å². The molecule has 39 heavy (non-hydrogen) atoms. The molecule has 0 saturated carbocycles. The number of likely N-dealkylation sites (tertiary alicyclic amines) is 1. The fourth-order valence-electron chi connectivity index (χ4n) is 5.55. The van der Waals surface area contributed by atoms with Crippen LogP contribution in [-0.2, 0) is 7.05 Å². The first kappa shape index (κ1) is 26.9. The number of piperidine rings is 1. The van der Waals surface area contributed by atoms with Gasteiger partial charge in [0, 0.05) is 36.3 Å². The number of benzene rings is 1. The third-order valence-corrected chi connectivity index (χ3v) is 7.66. The van der Waals surface area contributed by atoms with Crippen molar-refractivity contribution in [1.29, 1.82) is 0 Å². The van der Waals surface area contributed by atoms with Gasteiger partial charge in [-0.05, 0) is 76.2 Å². The average molecular weight is 551 g/mol. The summed E-state index contributed by atoms with van der Waals surface area (Å²) in [7, 11) is 5.55. The molecular weight excluding hydrogens is 516 g/mol. The Morgan fingerprint density at radius 1 is 1.23 bits per heavy atom.